The standard InChI is InChI=1S/C46H33N/c1-3-16-34(17-4-1)41-27-9-10-28-43(41)37-22-13-24-39(32-37)47(46-31-12-11-29-45(46)36-18-5-2-6-19-36)40-25-14-23-38(33-40)44-30-15-21-35-20-7-8-26-42(35)44/h1-33H. The Labute approximate surface area is 276 Å². The van der Waals surface area contributed by atoms with Crippen molar-refractivity contribution in [1.82, 2.24) is 0 Å². The number of para-hydroxylation sites is 1. The second kappa shape index (κ2) is 12.7. The number of hydrogen-bond acceptors (Lipinski definition) is 1. The lowest BCUT2D eigenvalue weighted by Gasteiger charge is -2.29. The van der Waals surface area contributed by atoms with Gasteiger partial charge in [-0.3, -0.25) is 0 Å². The van der Waals surface area contributed by atoms with E-state index in [-0.39, 0.29) is 0 Å². The molecular weight excluding hydrogens is 567 g/mol. The highest BCUT2D eigenvalue weighted by atomic mass is 15.1. The summed E-state index contributed by atoms with van der Waals surface area (Å²) in [5.41, 5.74) is 12.9. The smallest absolute Gasteiger partial charge is 0.0540 e. The molecule has 0 heterocycles. The molecule has 0 saturated carbocycles. The quantitative estimate of drug-likeness (QED) is 0.176. The fraction of sp³-hybridized carbons (Fsp3) is 0. The van der Waals surface area contributed by atoms with Crippen LogP contribution in [0.25, 0.3) is 55.3 Å². The lowest BCUT2D eigenvalue weighted by Crippen LogP contribution is -2.11. The third kappa shape index (κ3) is 5.60. The second-order valence-electron chi connectivity index (χ2n) is 11.8. The molecule has 0 radical (unpaired) electrons. The van der Waals surface area contributed by atoms with Crippen molar-refractivity contribution in [3.8, 4) is 44.5 Å². The predicted molar refractivity (Wildman–Crippen MR) is 200 cm³/mol. The lowest BCUT2D eigenvalue weighted by atomic mass is 9.94. The zero-order valence-electron chi connectivity index (χ0n) is 26.0. The summed E-state index contributed by atoms with van der Waals surface area (Å²) in [5, 5.41) is 2.49. The fourth-order valence-electron chi connectivity index (χ4n) is 6.66. The van der Waals surface area contributed by atoms with Crippen LogP contribution in [0.4, 0.5) is 17.1 Å². The third-order valence-corrected chi connectivity index (χ3v) is 8.86. The molecule has 1 heteroatoms. The Balaban J connectivity index is 1.33. The van der Waals surface area contributed by atoms with Gasteiger partial charge in [-0.05, 0) is 80.0 Å². The van der Waals surface area contributed by atoms with Gasteiger partial charge in [0.15, 0.2) is 0 Å². The average Bonchev–Trinajstić information content (AvgIpc) is 3.16. The monoisotopic (exact) mass is 599 g/mol. The van der Waals surface area contributed by atoms with Crippen LogP contribution in [0, 0.1) is 0 Å². The van der Waals surface area contributed by atoms with Crippen molar-refractivity contribution >= 4 is 27.8 Å². The SMILES string of the molecule is c1ccc(-c2ccccc2-c2cccc(N(c3cccc(-c4cccc5ccccc45)c3)c3ccccc3-c3ccccc3)c2)cc1. The molecule has 0 unspecified atom stereocenters. The first-order valence-corrected chi connectivity index (χ1v) is 16.1. The minimum atomic E-state index is 1.10. The van der Waals surface area contributed by atoms with Crippen molar-refractivity contribution in [2.24, 2.45) is 0 Å². The van der Waals surface area contributed by atoms with Gasteiger partial charge in [-0.15, -0.1) is 0 Å². The van der Waals surface area contributed by atoms with Crippen LogP contribution in [0.1, 0.15) is 0 Å². The molecular formula is C46H33N. The van der Waals surface area contributed by atoms with Crippen molar-refractivity contribution in [2.75, 3.05) is 4.90 Å². The molecule has 0 aliphatic carbocycles. The Kier molecular flexibility index (Phi) is 7.63. The molecule has 0 N–H and O–H groups in total. The topological polar surface area (TPSA) is 3.24 Å². The van der Waals surface area contributed by atoms with Crippen molar-refractivity contribution in [3.63, 3.8) is 0 Å². The molecule has 8 aromatic carbocycles. The van der Waals surface area contributed by atoms with Crippen LogP contribution >= 0.6 is 0 Å². The molecule has 0 spiro atoms. The van der Waals surface area contributed by atoms with Gasteiger partial charge in [0.25, 0.3) is 0 Å². The lowest BCUT2D eigenvalue weighted by molar-refractivity contribution is 1.28. The highest BCUT2D eigenvalue weighted by Gasteiger charge is 2.19. The number of anilines is 3. The Morgan fingerprint density at radius 1 is 0.277 bits per heavy atom. The molecule has 47 heavy (non-hydrogen) atoms. The molecule has 222 valence electrons. The molecule has 8 aromatic rings. The number of nitrogens with zero attached hydrogens (tertiary/aromatic N) is 1. The largest absolute Gasteiger partial charge is 0.310 e. The number of benzene rings is 8. The molecule has 0 fully saturated rings. The maximum Gasteiger partial charge on any atom is 0.0540 e. The molecule has 1 nitrogen and oxygen atoms in total. The first-order valence-electron chi connectivity index (χ1n) is 16.1. The molecule has 0 aliphatic heterocycles. The first-order chi connectivity index (χ1) is 23.3. The summed E-state index contributed by atoms with van der Waals surface area (Å²) in [6, 6.07) is 71.8. The van der Waals surface area contributed by atoms with Gasteiger partial charge in [0.05, 0.1) is 5.69 Å². The van der Waals surface area contributed by atoms with E-state index in [1.165, 1.54) is 55.3 Å². The zero-order valence-corrected chi connectivity index (χ0v) is 26.0. The number of rotatable bonds is 7. The van der Waals surface area contributed by atoms with Gasteiger partial charge in [-0.1, -0.05) is 170 Å². The molecule has 0 aliphatic rings. The Morgan fingerprint density at radius 3 is 1.38 bits per heavy atom. The number of hydrogen-bond donors (Lipinski definition) is 0. The summed E-state index contributed by atoms with van der Waals surface area (Å²) >= 11 is 0. The van der Waals surface area contributed by atoms with Crippen LogP contribution < -0.4 is 4.90 Å². The van der Waals surface area contributed by atoms with E-state index in [0.29, 0.717) is 0 Å². The summed E-state index contributed by atoms with van der Waals surface area (Å²) in [6.45, 7) is 0. The van der Waals surface area contributed by atoms with Gasteiger partial charge >= 0.3 is 0 Å². The van der Waals surface area contributed by atoms with E-state index in [1.54, 1.807) is 0 Å². The van der Waals surface area contributed by atoms with Gasteiger partial charge < -0.3 is 4.90 Å². The van der Waals surface area contributed by atoms with Gasteiger partial charge in [0.2, 0.25) is 0 Å². The molecule has 0 aromatic heterocycles. The summed E-state index contributed by atoms with van der Waals surface area (Å²) in [7, 11) is 0. The normalized spacial score (nSPS) is 11.0. The van der Waals surface area contributed by atoms with E-state index >= 15 is 0 Å². The summed E-state index contributed by atoms with van der Waals surface area (Å²) in [6.07, 6.45) is 0. The maximum absolute atomic E-state index is 2.41. The van der Waals surface area contributed by atoms with Crippen molar-refractivity contribution in [1.29, 1.82) is 0 Å². The van der Waals surface area contributed by atoms with E-state index in [1.807, 2.05) is 0 Å². The van der Waals surface area contributed by atoms with E-state index in [9.17, 15) is 0 Å². The van der Waals surface area contributed by atoms with E-state index < -0.39 is 0 Å². The summed E-state index contributed by atoms with van der Waals surface area (Å²) in [4.78, 5) is 2.41. The van der Waals surface area contributed by atoms with Crippen LogP contribution in [0.2, 0.25) is 0 Å². The molecule has 0 saturated heterocycles. The van der Waals surface area contributed by atoms with Crippen LogP contribution in [-0.4, -0.2) is 0 Å². The van der Waals surface area contributed by atoms with Crippen molar-refractivity contribution in [2.45, 2.75) is 0 Å². The molecule has 0 atom stereocenters. The fourth-order valence-corrected chi connectivity index (χ4v) is 6.66. The minimum Gasteiger partial charge on any atom is -0.310 e. The highest BCUT2D eigenvalue weighted by molar-refractivity contribution is 5.98. The Hall–Kier alpha value is -6.18. The molecule has 8 rings (SSSR count). The number of fused-ring (bicyclic) bond motifs is 1. The highest BCUT2D eigenvalue weighted by Crippen LogP contribution is 2.44. The van der Waals surface area contributed by atoms with Gasteiger partial charge in [0.1, 0.15) is 0 Å². The maximum atomic E-state index is 2.41. The van der Waals surface area contributed by atoms with E-state index in [2.05, 4.69) is 205 Å². The summed E-state index contributed by atoms with van der Waals surface area (Å²) in [5.74, 6) is 0. The summed E-state index contributed by atoms with van der Waals surface area (Å²) < 4.78 is 0. The molecule has 0 bridgehead atoms. The second-order valence-corrected chi connectivity index (χ2v) is 11.8. The van der Waals surface area contributed by atoms with Crippen molar-refractivity contribution in [3.05, 3.63) is 200 Å². The third-order valence-electron chi connectivity index (χ3n) is 8.86. The van der Waals surface area contributed by atoms with E-state index in [4.69, 9.17) is 0 Å². The van der Waals surface area contributed by atoms with Crippen LogP contribution in [0.15, 0.2) is 200 Å². The van der Waals surface area contributed by atoms with Crippen molar-refractivity contribution < 1.29 is 0 Å². The van der Waals surface area contributed by atoms with E-state index in [0.717, 1.165) is 17.1 Å². The average molecular weight is 600 g/mol. The minimum absolute atomic E-state index is 1.10. The van der Waals surface area contributed by atoms with Crippen LogP contribution in [-0.2, 0) is 0 Å². The zero-order chi connectivity index (χ0) is 31.4. The first kappa shape index (κ1) is 28.3. The van der Waals surface area contributed by atoms with Crippen LogP contribution in [0.5, 0.6) is 0 Å². The Morgan fingerprint density at radius 2 is 0.702 bits per heavy atom. The van der Waals surface area contributed by atoms with Crippen LogP contribution in [0.3, 0.4) is 0 Å². The van der Waals surface area contributed by atoms with Gasteiger partial charge in [-0.25, -0.2) is 0 Å². The van der Waals surface area contributed by atoms with Gasteiger partial charge in [-0.2, -0.15) is 0 Å². The molecule has 0 amide bonds. The van der Waals surface area contributed by atoms with Gasteiger partial charge in [0, 0.05) is 16.9 Å². The Bertz CT molecular complexity index is 2300. The predicted octanol–water partition coefficient (Wildman–Crippen LogP) is 13.0.